The van der Waals surface area contributed by atoms with Crippen molar-refractivity contribution in [1.82, 2.24) is 10.2 Å². The van der Waals surface area contributed by atoms with Gasteiger partial charge in [-0.2, -0.15) is 0 Å². The summed E-state index contributed by atoms with van der Waals surface area (Å²) in [5.41, 5.74) is 4.26. The maximum Gasteiger partial charge on any atom is 0.338 e. The predicted molar refractivity (Wildman–Crippen MR) is 124 cm³/mol. The summed E-state index contributed by atoms with van der Waals surface area (Å²) in [6.45, 7) is 5.25. The van der Waals surface area contributed by atoms with Crippen molar-refractivity contribution >= 4 is 17.8 Å². The molecule has 0 radical (unpaired) electrons. The summed E-state index contributed by atoms with van der Waals surface area (Å²) in [4.78, 5) is 38.3. The van der Waals surface area contributed by atoms with Gasteiger partial charge in [-0.05, 0) is 48.6 Å². The lowest BCUT2D eigenvalue weighted by atomic mass is 9.94. The van der Waals surface area contributed by atoms with E-state index in [0.29, 0.717) is 44.5 Å². The van der Waals surface area contributed by atoms with E-state index in [0.717, 1.165) is 28.0 Å². The molecule has 2 aromatic carbocycles. The van der Waals surface area contributed by atoms with E-state index >= 15 is 0 Å². The number of likely N-dealkylation sites (tertiary alicyclic amines) is 1. The lowest BCUT2D eigenvalue weighted by molar-refractivity contribution is -0.134. The minimum absolute atomic E-state index is 0.0187. The highest BCUT2D eigenvalue weighted by atomic mass is 16.5. The second kappa shape index (κ2) is 9.65. The van der Waals surface area contributed by atoms with E-state index in [1.807, 2.05) is 31.2 Å². The smallest absolute Gasteiger partial charge is 0.338 e. The number of esters is 1. The molecule has 0 aliphatic carbocycles. The minimum atomic E-state index is -0.390. The van der Waals surface area contributed by atoms with Gasteiger partial charge in [0.2, 0.25) is 11.8 Å². The first-order chi connectivity index (χ1) is 15.9. The Balaban J connectivity index is 1.45. The average molecular weight is 451 g/mol. The quantitative estimate of drug-likeness (QED) is 0.708. The van der Waals surface area contributed by atoms with Crippen molar-refractivity contribution in [1.29, 1.82) is 0 Å². The number of fused-ring (bicyclic) bond motifs is 1. The highest BCUT2D eigenvalue weighted by Crippen LogP contribution is 2.41. The van der Waals surface area contributed by atoms with Gasteiger partial charge in [-0.1, -0.05) is 24.3 Å². The second-order valence-electron chi connectivity index (χ2n) is 8.81. The normalized spacial score (nSPS) is 17.8. The van der Waals surface area contributed by atoms with Gasteiger partial charge in [-0.25, -0.2) is 4.79 Å². The number of carbonyl (C=O) groups excluding carboxylic acids is 3. The van der Waals surface area contributed by atoms with E-state index in [1.165, 1.54) is 7.11 Å². The molecule has 7 heteroatoms. The topological polar surface area (TPSA) is 84.9 Å². The predicted octanol–water partition coefficient (Wildman–Crippen LogP) is 3.13. The highest BCUT2D eigenvalue weighted by molar-refractivity contribution is 5.98. The first kappa shape index (κ1) is 22.8. The van der Waals surface area contributed by atoms with Crippen LogP contribution in [0.2, 0.25) is 0 Å². The molecular formula is C26H30N2O5. The third-order valence-corrected chi connectivity index (χ3v) is 6.48. The maximum atomic E-state index is 12.7. The molecule has 4 rings (SSSR count). The van der Waals surface area contributed by atoms with Crippen LogP contribution in [0, 0.1) is 12.8 Å². The van der Waals surface area contributed by atoms with Gasteiger partial charge >= 0.3 is 5.97 Å². The molecule has 0 unspecified atom stereocenters. The standard InChI is InChI=1S/C26H30N2O5/c1-16-12-19-14-20(15-27-25(30)18-8-10-28(11-9-18)17(2)29)33-24(19)23(13-16)21-6-4-5-7-22(21)26(31)32-3/h4-7,12-13,18,20H,8-11,14-15H2,1-3H3,(H,27,30)/t20-/m1/s1. The molecule has 7 nitrogen and oxygen atoms in total. The first-order valence-corrected chi connectivity index (χ1v) is 11.4. The van der Waals surface area contributed by atoms with E-state index < -0.39 is 5.97 Å². The lowest BCUT2D eigenvalue weighted by Gasteiger charge is -2.30. The fourth-order valence-corrected chi connectivity index (χ4v) is 4.73. The number of piperidine rings is 1. The number of benzene rings is 2. The highest BCUT2D eigenvalue weighted by Gasteiger charge is 2.30. The molecule has 2 aliphatic heterocycles. The lowest BCUT2D eigenvalue weighted by Crippen LogP contribution is -2.44. The Labute approximate surface area is 194 Å². The SMILES string of the molecule is COC(=O)c1ccccc1-c1cc(C)cc2c1O[C@@H](CNC(=O)C1CCN(C(C)=O)CC1)C2. The number of aryl methyl sites for hydroxylation is 1. The average Bonchev–Trinajstić information content (AvgIpc) is 3.24. The van der Waals surface area contributed by atoms with Gasteiger partial charge < -0.3 is 19.7 Å². The molecule has 2 heterocycles. The summed E-state index contributed by atoms with van der Waals surface area (Å²) in [6, 6.07) is 11.5. The van der Waals surface area contributed by atoms with Gasteiger partial charge in [0.05, 0.1) is 19.2 Å². The Bertz CT molecular complexity index is 1070. The molecule has 0 spiro atoms. The van der Waals surface area contributed by atoms with Crippen LogP contribution in [0.5, 0.6) is 5.75 Å². The molecule has 1 fully saturated rings. The van der Waals surface area contributed by atoms with Crippen molar-refractivity contribution in [3.05, 3.63) is 53.1 Å². The number of methoxy groups -OCH3 is 1. The van der Waals surface area contributed by atoms with Crippen LogP contribution in [-0.4, -0.2) is 55.5 Å². The molecule has 1 atom stereocenters. The number of nitrogens with one attached hydrogen (secondary N) is 1. The third kappa shape index (κ3) is 4.87. The van der Waals surface area contributed by atoms with Crippen LogP contribution < -0.4 is 10.1 Å². The fourth-order valence-electron chi connectivity index (χ4n) is 4.73. The molecule has 0 saturated carbocycles. The molecule has 1 saturated heterocycles. The van der Waals surface area contributed by atoms with Crippen LogP contribution in [-0.2, 0) is 20.7 Å². The second-order valence-corrected chi connectivity index (χ2v) is 8.81. The van der Waals surface area contributed by atoms with Crippen molar-refractivity contribution in [3.8, 4) is 16.9 Å². The van der Waals surface area contributed by atoms with E-state index in [1.54, 1.807) is 17.9 Å². The molecular weight excluding hydrogens is 420 g/mol. The summed E-state index contributed by atoms with van der Waals surface area (Å²) in [6.07, 6.45) is 1.88. The number of rotatable bonds is 5. The Morgan fingerprint density at radius 3 is 2.55 bits per heavy atom. The summed E-state index contributed by atoms with van der Waals surface area (Å²) < 4.78 is 11.2. The largest absolute Gasteiger partial charge is 0.487 e. The van der Waals surface area contributed by atoms with Crippen LogP contribution >= 0.6 is 0 Å². The number of amides is 2. The zero-order valence-corrected chi connectivity index (χ0v) is 19.3. The molecule has 1 N–H and O–H groups in total. The van der Waals surface area contributed by atoms with Crippen molar-refractivity contribution in [3.63, 3.8) is 0 Å². The number of hydrogen-bond donors (Lipinski definition) is 1. The maximum absolute atomic E-state index is 12.7. The third-order valence-electron chi connectivity index (χ3n) is 6.48. The summed E-state index contributed by atoms with van der Waals surface area (Å²) in [5, 5.41) is 3.04. The van der Waals surface area contributed by atoms with E-state index in [-0.39, 0.29) is 23.8 Å². The van der Waals surface area contributed by atoms with Gasteiger partial charge in [0, 0.05) is 37.9 Å². The molecule has 2 aliphatic rings. The van der Waals surface area contributed by atoms with Gasteiger partial charge in [-0.15, -0.1) is 0 Å². The Hall–Kier alpha value is -3.35. The number of hydrogen-bond acceptors (Lipinski definition) is 5. The molecule has 2 aromatic rings. The summed E-state index contributed by atoms with van der Waals surface area (Å²) in [5.74, 6) is 0.370. The van der Waals surface area contributed by atoms with Crippen LogP contribution in [0.1, 0.15) is 41.3 Å². The molecule has 0 bridgehead atoms. The molecule has 0 aromatic heterocycles. The van der Waals surface area contributed by atoms with Crippen LogP contribution in [0.3, 0.4) is 0 Å². The van der Waals surface area contributed by atoms with Crippen molar-refractivity contribution < 1.29 is 23.9 Å². The van der Waals surface area contributed by atoms with Crippen LogP contribution in [0.15, 0.2) is 36.4 Å². The van der Waals surface area contributed by atoms with Gasteiger partial charge in [0.25, 0.3) is 0 Å². The summed E-state index contributed by atoms with van der Waals surface area (Å²) >= 11 is 0. The molecule has 174 valence electrons. The zero-order valence-electron chi connectivity index (χ0n) is 19.3. The molecule has 2 amide bonds. The first-order valence-electron chi connectivity index (χ1n) is 11.4. The number of nitrogens with zero attached hydrogens (tertiary/aromatic N) is 1. The van der Waals surface area contributed by atoms with Crippen molar-refractivity contribution in [2.45, 2.75) is 39.2 Å². The minimum Gasteiger partial charge on any atom is -0.487 e. The van der Waals surface area contributed by atoms with Crippen molar-refractivity contribution in [2.75, 3.05) is 26.7 Å². The Morgan fingerprint density at radius 1 is 1.12 bits per heavy atom. The van der Waals surface area contributed by atoms with Gasteiger partial charge in [0.1, 0.15) is 11.9 Å². The van der Waals surface area contributed by atoms with Gasteiger partial charge in [-0.3, -0.25) is 9.59 Å². The monoisotopic (exact) mass is 450 g/mol. The Kier molecular flexibility index (Phi) is 6.67. The Morgan fingerprint density at radius 2 is 1.85 bits per heavy atom. The van der Waals surface area contributed by atoms with E-state index in [4.69, 9.17) is 9.47 Å². The van der Waals surface area contributed by atoms with Crippen molar-refractivity contribution in [2.24, 2.45) is 5.92 Å². The van der Waals surface area contributed by atoms with Crippen LogP contribution in [0.4, 0.5) is 0 Å². The van der Waals surface area contributed by atoms with Gasteiger partial charge in [0.15, 0.2) is 0 Å². The summed E-state index contributed by atoms with van der Waals surface area (Å²) in [7, 11) is 1.37. The zero-order chi connectivity index (χ0) is 23.5. The number of carbonyl (C=O) groups is 3. The number of ether oxygens (including phenoxy) is 2. The van der Waals surface area contributed by atoms with E-state index in [9.17, 15) is 14.4 Å². The van der Waals surface area contributed by atoms with E-state index in [2.05, 4.69) is 11.4 Å². The fraction of sp³-hybridized carbons (Fsp3) is 0.423. The molecule has 33 heavy (non-hydrogen) atoms. The van der Waals surface area contributed by atoms with Crippen LogP contribution in [0.25, 0.3) is 11.1 Å².